The normalized spacial score (nSPS) is 15.5. The van der Waals surface area contributed by atoms with Gasteiger partial charge in [-0.25, -0.2) is 9.78 Å². The van der Waals surface area contributed by atoms with E-state index in [0.717, 1.165) is 18.3 Å². The summed E-state index contributed by atoms with van der Waals surface area (Å²) in [6.07, 6.45) is 6.65. The molecule has 4 heteroatoms. The van der Waals surface area contributed by atoms with Crippen LogP contribution in [-0.2, 0) is 0 Å². The molecule has 4 nitrogen and oxygen atoms in total. The van der Waals surface area contributed by atoms with Gasteiger partial charge < -0.3 is 10.4 Å². The maximum absolute atomic E-state index is 10.6. The fraction of sp³-hybridized carbons (Fsp3) is 0.500. The van der Waals surface area contributed by atoms with Crippen LogP contribution in [0.25, 0.3) is 0 Å². The van der Waals surface area contributed by atoms with Crippen molar-refractivity contribution >= 4 is 11.8 Å². The number of carboxylic acids is 1. The highest BCUT2D eigenvalue weighted by atomic mass is 16.4. The van der Waals surface area contributed by atoms with Crippen molar-refractivity contribution in [1.29, 1.82) is 0 Å². The van der Waals surface area contributed by atoms with E-state index in [0.29, 0.717) is 0 Å². The zero-order valence-corrected chi connectivity index (χ0v) is 9.15. The highest BCUT2D eigenvalue weighted by molar-refractivity contribution is 5.87. The van der Waals surface area contributed by atoms with E-state index in [2.05, 4.69) is 10.3 Å². The first-order valence-electron chi connectivity index (χ1n) is 5.69. The number of aromatic nitrogens is 1. The first kappa shape index (κ1) is 10.9. The minimum atomic E-state index is -0.937. The summed E-state index contributed by atoms with van der Waals surface area (Å²) in [4.78, 5) is 14.7. The number of nitrogens with one attached hydrogen (secondary N) is 1. The topological polar surface area (TPSA) is 62.2 Å². The SMILES string of the molecule is O=C(O)c1ccc(NCCC2CCC2)nc1. The monoisotopic (exact) mass is 220 g/mol. The number of hydrogen-bond donors (Lipinski definition) is 2. The van der Waals surface area contributed by atoms with Gasteiger partial charge in [0.1, 0.15) is 5.82 Å². The van der Waals surface area contributed by atoms with E-state index in [1.807, 2.05) is 0 Å². The summed E-state index contributed by atoms with van der Waals surface area (Å²) < 4.78 is 0. The molecule has 0 aliphatic heterocycles. The van der Waals surface area contributed by atoms with Crippen LogP contribution in [0.5, 0.6) is 0 Å². The Labute approximate surface area is 94.7 Å². The van der Waals surface area contributed by atoms with Gasteiger partial charge in [0.05, 0.1) is 5.56 Å². The quantitative estimate of drug-likeness (QED) is 0.799. The number of hydrogen-bond acceptors (Lipinski definition) is 3. The van der Waals surface area contributed by atoms with Gasteiger partial charge >= 0.3 is 5.97 Å². The molecule has 0 saturated heterocycles. The average molecular weight is 220 g/mol. The Hall–Kier alpha value is -1.58. The molecule has 0 amide bonds. The van der Waals surface area contributed by atoms with E-state index in [1.165, 1.54) is 31.9 Å². The van der Waals surface area contributed by atoms with Crippen LogP contribution in [0, 0.1) is 5.92 Å². The number of rotatable bonds is 5. The van der Waals surface area contributed by atoms with E-state index in [1.54, 1.807) is 12.1 Å². The predicted molar refractivity (Wildman–Crippen MR) is 61.6 cm³/mol. The second-order valence-corrected chi connectivity index (χ2v) is 4.25. The van der Waals surface area contributed by atoms with Gasteiger partial charge in [-0.2, -0.15) is 0 Å². The summed E-state index contributed by atoms with van der Waals surface area (Å²) >= 11 is 0. The molecule has 1 saturated carbocycles. The van der Waals surface area contributed by atoms with Gasteiger partial charge in [-0.1, -0.05) is 19.3 Å². The molecule has 1 fully saturated rings. The Morgan fingerprint density at radius 3 is 2.81 bits per heavy atom. The third-order valence-electron chi connectivity index (χ3n) is 3.09. The first-order chi connectivity index (χ1) is 7.75. The third-order valence-corrected chi connectivity index (χ3v) is 3.09. The van der Waals surface area contributed by atoms with Crippen molar-refractivity contribution in [3.05, 3.63) is 23.9 Å². The zero-order chi connectivity index (χ0) is 11.4. The Balaban J connectivity index is 1.78. The van der Waals surface area contributed by atoms with Crippen LogP contribution in [-0.4, -0.2) is 22.6 Å². The molecule has 0 bridgehead atoms. The van der Waals surface area contributed by atoms with E-state index in [9.17, 15) is 4.79 Å². The number of carboxylic acid groups (broad SMARTS) is 1. The average Bonchev–Trinajstić information content (AvgIpc) is 2.22. The van der Waals surface area contributed by atoms with Gasteiger partial charge in [-0.3, -0.25) is 0 Å². The second-order valence-electron chi connectivity index (χ2n) is 4.25. The van der Waals surface area contributed by atoms with E-state index >= 15 is 0 Å². The van der Waals surface area contributed by atoms with Crippen molar-refractivity contribution in [3.8, 4) is 0 Å². The molecule has 1 aliphatic carbocycles. The number of pyridine rings is 1. The largest absolute Gasteiger partial charge is 0.478 e. The van der Waals surface area contributed by atoms with Crippen molar-refractivity contribution < 1.29 is 9.90 Å². The zero-order valence-electron chi connectivity index (χ0n) is 9.15. The van der Waals surface area contributed by atoms with Gasteiger partial charge in [0.25, 0.3) is 0 Å². The van der Waals surface area contributed by atoms with Crippen LogP contribution in [0.15, 0.2) is 18.3 Å². The number of nitrogens with zero attached hydrogens (tertiary/aromatic N) is 1. The Morgan fingerprint density at radius 1 is 1.50 bits per heavy atom. The standard InChI is InChI=1S/C12H16N2O2/c15-12(16)10-4-5-11(14-8-10)13-7-6-9-2-1-3-9/h4-5,8-9H,1-3,6-7H2,(H,13,14)(H,15,16). The van der Waals surface area contributed by atoms with Crippen molar-refractivity contribution in [2.75, 3.05) is 11.9 Å². The molecule has 0 radical (unpaired) electrons. The predicted octanol–water partition coefficient (Wildman–Crippen LogP) is 2.38. The van der Waals surface area contributed by atoms with Crippen LogP contribution < -0.4 is 5.32 Å². The molecule has 0 atom stereocenters. The van der Waals surface area contributed by atoms with Crippen LogP contribution in [0.3, 0.4) is 0 Å². The highest BCUT2D eigenvalue weighted by Crippen LogP contribution is 2.29. The molecule has 1 aromatic heterocycles. The van der Waals surface area contributed by atoms with Crippen molar-refractivity contribution in [3.63, 3.8) is 0 Å². The number of anilines is 1. The Morgan fingerprint density at radius 2 is 2.31 bits per heavy atom. The van der Waals surface area contributed by atoms with Crippen LogP contribution in [0.4, 0.5) is 5.82 Å². The molecular formula is C12H16N2O2. The molecule has 0 aromatic carbocycles. The summed E-state index contributed by atoms with van der Waals surface area (Å²) in [6.45, 7) is 0.921. The van der Waals surface area contributed by atoms with Gasteiger partial charge in [0.15, 0.2) is 0 Å². The van der Waals surface area contributed by atoms with Gasteiger partial charge in [0, 0.05) is 12.7 Å². The fourth-order valence-corrected chi connectivity index (χ4v) is 1.81. The fourth-order valence-electron chi connectivity index (χ4n) is 1.81. The van der Waals surface area contributed by atoms with E-state index in [-0.39, 0.29) is 5.56 Å². The van der Waals surface area contributed by atoms with Gasteiger partial charge in [0.2, 0.25) is 0 Å². The van der Waals surface area contributed by atoms with Crippen molar-refractivity contribution in [1.82, 2.24) is 4.98 Å². The van der Waals surface area contributed by atoms with Crippen LogP contribution >= 0.6 is 0 Å². The van der Waals surface area contributed by atoms with Gasteiger partial charge in [-0.05, 0) is 24.5 Å². The first-order valence-corrected chi connectivity index (χ1v) is 5.69. The minimum Gasteiger partial charge on any atom is -0.478 e. The highest BCUT2D eigenvalue weighted by Gasteiger charge is 2.16. The lowest BCUT2D eigenvalue weighted by Gasteiger charge is -2.25. The lowest BCUT2D eigenvalue weighted by Crippen LogP contribution is -2.16. The second kappa shape index (κ2) is 4.96. The maximum atomic E-state index is 10.6. The molecule has 2 rings (SSSR count). The van der Waals surface area contributed by atoms with Crippen LogP contribution in [0.1, 0.15) is 36.0 Å². The van der Waals surface area contributed by atoms with Gasteiger partial charge in [-0.15, -0.1) is 0 Å². The maximum Gasteiger partial charge on any atom is 0.337 e. The van der Waals surface area contributed by atoms with Crippen molar-refractivity contribution in [2.24, 2.45) is 5.92 Å². The number of carbonyl (C=O) groups is 1. The molecule has 16 heavy (non-hydrogen) atoms. The Bertz CT molecular complexity index is 358. The lowest BCUT2D eigenvalue weighted by atomic mass is 9.83. The molecule has 2 N–H and O–H groups in total. The summed E-state index contributed by atoms with van der Waals surface area (Å²) in [5.41, 5.74) is 0.226. The number of aromatic carboxylic acids is 1. The third kappa shape index (κ3) is 2.72. The molecule has 0 unspecified atom stereocenters. The molecule has 86 valence electrons. The van der Waals surface area contributed by atoms with Crippen LogP contribution in [0.2, 0.25) is 0 Å². The molecular weight excluding hydrogens is 204 g/mol. The molecule has 1 aliphatic rings. The smallest absolute Gasteiger partial charge is 0.337 e. The van der Waals surface area contributed by atoms with Crippen molar-refractivity contribution in [2.45, 2.75) is 25.7 Å². The molecule has 0 spiro atoms. The molecule has 1 aromatic rings. The summed E-state index contributed by atoms with van der Waals surface area (Å²) in [5, 5.41) is 11.9. The van der Waals surface area contributed by atoms with E-state index < -0.39 is 5.97 Å². The lowest BCUT2D eigenvalue weighted by molar-refractivity contribution is 0.0696. The summed E-state index contributed by atoms with van der Waals surface area (Å²) in [6, 6.07) is 3.28. The molecule has 1 heterocycles. The summed E-state index contributed by atoms with van der Waals surface area (Å²) in [7, 11) is 0. The Kier molecular flexibility index (Phi) is 3.39. The minimum absolute atomic E-state index is 0.226. The van der Waals surface area contributed by atoms with E-state index in [4.69, 9.17) is 5.11 Å². The summed E-state index contributed by atoms with van der Waals surface area (Å²) in [5.74, 6) is 0.698.